The molecule has 0 fully saturated rings. The van der Waals surface area contributed by atoms with Gasteiger partial charge in [-0.15, -0.1) is 0 Å². The Morgan fingerprint density at radius 3 is 2.60 bits per heavy atom. The maximum absolute atomic E-state index is 13.2. The van der Waals surface area contributed by atoms with Crippen LogP contribution in [0.15, 0.2) is 18.2 Å². The van der Waals surface area contributed by atoms with Crippen LogP contribution in [-0.4, -0.2) is 17.7 Å². The highest BCUT2D eigenvalue weighted by molar-refractivity contribution is 5.32. The first kappa shape index (κ1) is 16.5. The summed E-state index contributed by atoms with van der Waals surface area (Å²) in [4.78, 5) is 0. The van der Waals surface area contributed by atoms with Gasteiger partial charge in [-0.3, -0.25) is 5.32 Å². The van der Waals surface area contributed by atoms with Crippen LogP contribution in [0.3, 0.4) is 0 Å². The third kappa shape index (κ3) is 4.82. The van der Waals surface area contributed by atoms with Gasteiger partial charge in [0.05, 0.1) is 12.2 Å². The number of nitrogens with zero attached hydrogens (tertiary/aromatic N) is 1. The number of ether oxygens (including phenoxy) is 1. The number of hydrogen-bond donors (Lipinski definition) is 1. The Morgan fingerprint density at radius 2 is 2.05 bits per heavy atom. The van der Waals surface area contributed by atoms with Gasteiger partial charge in [0.15, 0.2) is 0 Å². The molecule has 1 rings (SSSR count). The number of nitriles is 1. The third-order valence-corrected chi connectivity index (χ3v) is 3.03. The summed E-state index contributed by atoms with van der Waals surface area (Å²) in [5.41, 5.74) is 0.225. The standard InChI is InChI=1S/C16H23FN2O/c1-11(2)19-16(5,10-18)9-13(4)20-15-8-14(17)7-6-12(15)3/h6-8,11,13,19H,9H2,1-5H3. The van der Waals surface area contributed by atoms with Gasteiger partial charge < -0.3 is 4.74 Å². The molecule has 0 bridgehead atoms. The lowest BCUT2D eigenvalue weighted by molar-refractivity contribution is 0.174. The molecule has 0 aliphatic rings. The van der Waals surface area contributed by atoms with E-state index in [1.165, 1.54) is 12.1 Å². The van der Waals surface area contributed by atoms with Crippen molar-refractivity contribution in [1.82, 2.24) is 5.32 Å². The molecule has 2 atom stereocenters. The van der Waals surface area contributed by atoms with E-state index >= 15 is 0 Å². The molecule has 0 aliphatic carbocycles. The molecule has 20 heavy (non-hydrogen) atoms. The molecular weight excluding hydrogens is 255 g/mol. The van der Waals surface area contributed by atoms with Gasteiger partial charge in [0.1, 0.15) is 17.1 Å². The lowest BCUT2D eigenvalue weighted by atomic mass is 9.95. The number of rotatable bonds is 6. The predicted octanol–water partition coefficient (Wildman–Crippen LogP) is 3.57. The molecule has 3 nitrogen and oxygen atoms in total. The number of hydrogen-bond acceptors (Lipinski definition) is 3. The molecule has 2 unspecified atom stereocenters. The van der Waals surface area contributed by atoms with Gasteiger partial charge in [0.2, 0.25) is 0 Å². The lowest BCUT2D eigenvalue weighted by Gasteiger charge is -2.29. The molecular formula is C16H23FN2O. The predicted molar refractivity (Wildman–Crippen MR) is 78.1 cm³/mol. The van der Waals surface area contributed by atoms with Crippen LogP contribution in [0.5, 0.6) is 5.75 Å². The molecule has 1 aromatic carbocycles. The monoisotopic (exact) mass is 278 g/mol. The highest BCUT2D eigenvalue weighted by Crippen LogP contribution is 2.23. The Hall–Kier alpha value is -1.60. The second kappa shape index (κ2) is 6.71. The first-order valence-corrected chi connectivity index (χ1v) is 6.87. The van der Waals surface area contributed by atoms with Crippen molar-refractivity contribution >= 4 is 0 Å². The van der Waals surface area contributed by atoms with E-state index in [1.807, 2.05) is 34.6 Å². The van der Waals surface area contributed by atoms with Crippen LogP contribution in [0.4, 0.5) is 4.39 Å². The minimum Gasteiger partial charge on any atom is -0.490 e. The second-order valence-corrected chi connectivity index (χ2v) is 5.79. The molecule has 4 heteroatoms. The summed E-state index contributed by atoms with van der Waals surface area (Å²) in [7, 11) is 0. The number of halogens is 1. The highest BCUT2D eigenvalue weighted by atomic mass is 19.1. The number of benzene rings is 1. The highest BCUT2D eigenvalue weighted by Gasteiger charge is 2.28. The van der Waals surface area contributed by atoms with Crippen LogP contribution in [0.1, 0.15) is 39.7 Å². The Labute approximate surface area is 120 Å². The van der Waals surface area contributed by atoms with E-state index < -0.39 is 5.54 Å². The summed E-state index contributed by atoms with van der Waals surface area (Å²) in [6.07, 6.45) is 0.337. The second-order valence-electron chi connectivity index (χ2n) is 5.79. The minimum absolute atomic E-state index is 0.189. The molecule has 1 aromatic rings. The van der Waals surface area contributed by atoms with Crippen LogP contribution in [0.2, 0.25) is 0 Å². The smallest absolute Gasteiger partial charge is 0.126 e. The lowest BCUT2D eigenvalue weighted by Crippen LogP contribution is -2.47. The molecule has 0 aliphatic heterocycles. The molecule has 0 saturated heterocycles. The van der Waals surface area contributed by atoms with E-state index in [1.54, 1.807) is 6.07 Å². The van der Waals surface area contributed by atoms with Crippen molar-refractivity contribution < 1.29 is 9.13 Å². The van der Waals surface area contributed by atoms with Crippen molar-refractivity contribution in [3.63, 3.8) is 0 Å². The molecule has 0 amide bonds. The van der Waals surface area contributed by atoms with E-state index in [-0.39, 0.29) is 18.0 Å². The first-order valence-electron chi connectivity index (χ1n) is 6.87. The van der Waals surface area contributed by atoms with E-state index in [9.17, 15) is 9.65 Å². The first-order chi connectivity index (χ1) is 9.25. The van der Waals surface area contributed by atoms with Gasteiger partial charge in [-0.2, -0.15) is 5.26 Å². The quantitative estimate of drug-likeness (QED) is 0.865. The fraction of sp³-hybridized carbons (Fsp3) is 0.562. The van der Waals surface area contributed by atoms with Crippen molar-refractivity contribution in [1.29, 1.82) is 5.26 Å². The van der Waals surface area contributed by atoms with Gasteiger partial charge in [-0.05, 0) is 46.2 Å². The van der Waals surface area contributed by atoms with Crippen molar-refractivity contribution in [2.75, 3.05) is 0 Å². The molecule has 1 N–H and O–H groups in total. The summed E-state index contributed by atoms with van der Waals surface area (Å²) in [5, 5.41) is 12.6. The van der Waals surface area contributed by atoms with Crippen molar-refractivity contribution in [3.05, 3.63) is 29.6 Å². The molecule has 0 saturated carbocycles. The normalized spacial score (nSPS) is 15.5. The largest absolute Gasteiger partial charge is 0.490 e. The van der Waals surface area contributed by atoms with Crippen LogP contribution < -0.4 is 10.1 Å². The van der Waals surface area contributed by atoms with Crippen LogP contribution in [-0.2, 0) is 0 Å². The molecule has 0 heterocycles. The topological polar surface area (TPSA) is 45.0 Å². The summed E-state index contributed by atoms with van der Waals surface area (Å²) in [6, 6.07) is 6.98. The van der Waals surface area contributed by atoms with E-state index in [2.05, 4.69) is 11.4 Å². The summed E-state index contributed by atoms with van der Waals surface area (Å²) in [6.45, 7) is 9.61. The maximum Gasteiger partial charge on any atom is 0.126 e. The molecule has 110 valence electrons. The summed E-state index contributed by atoms with van der Waals surface area (Å²) >= 11 is 0. The Bertz CT molecular complexity index is 496. The Morgan fingerprint density at radius 1 is 1.40 bits per heavy atom. The number of aryl methyl sites for hydroxylation is 1. The van der Waals surface area contributed by atoms with E-state index in [0.29, 0.717) is 12.2 Å². The fourth-order valence-electron chi connectivity index (χ4n) is 2.31. The van der Waals surface area contributed by atoms with E-state index in [0.717, 1.165) is 5.56 Å². The molecule has 0 spiro atoms. The Balaban J connectivity index is 2.74. The third-order valence-electron chi connectivity index (χ3n) is 3.03. The van der Waals surface area contributed by atoms with Gasteiger partial charge >= 0.3 is 0 Å². The SMILES string of the molecule is Cc1ccc(F)cc1OC(C)CC(C)(C#N)NC(C)C. The average molecular weight is 278 g/mol. The zero-order chi connectivity index (χ0) is 15.3. The van der Waals surface area contributed by atoms with Crippen molar-refractivity contribution in [2.45, 2.75) is 58.7 Å². The van der Waals surface area contributed by atoms with Crippen molar-refractivity contribution in [3.8, 4) is 11.8 Å². The zero-order valence-corrected chi connectivity index (χ0v) is 12.8. The van der Waals surface area contributed by atoms with Crippen molar-refractivity contribution in [2.24, 2.45) is 0 Å². The molecule has 0 radical (unpaired) electrons. The maximum atomic E-state index is 13.2. The Kier molecular flexibility index (Phi) is 5.52. The fourth-order valence-corrected chi connectivity index (χ4v) is 2.31. The average Bonchev–Trinajstić information content (AvgIpc) is 2.32. The minimum atomic E-state index is -0.658. The van der Waals surface area contributed by atoms with Gasteiger partial charge in [-0.1, -0.05) is 6.07 Å². The van der Waals surface area contributed by atoms with Crippen LogP contribution in [0.25, 0.3) is 0 Å². The van der Waals surface area contributed by atoms with Gasteiger partial charge in [0.25, 0.3) is 0 Å². The summed E-state index contributed by atoms with van der Waals surface area (Å²) in [5.74, 6) is 0.212. The van der Waals surface area contributed by atoms with Gasteiger partial charge in [0, 0.05) is 18.5 Å². The number of nitrogens with one attached hydrogen (secondary N) is 1. The molecule has 0 aromatic heterocycles. The van der Waals surface area contributed by atoms with E-state index in [4.69, 9.17) is 4.74 Å². The zero-order valence-electron chi connectivity index (χ0n) is 12.8. The van der Waals surface area contributed by atoms with Crippen LogP contribution >= 0.6 is 0 Å². The van der Waals surface area contributed by atoms with Gasteiger partial charge in [-0.25, -0.2) is 4.39 Å². The van der Waals surface area contributed by atoms with Crippen LogP contribution in [0, 0.1) is 24.1 Å². The summed E-state index contributed by atoms with van der Waals surface area (Å²) < 4.78 is 19.0.